The summed E-state index contributed by atoms with van der Waals surface area (Å²) >= 11 is 0. The van der Waals surface area contributed by atoms with E-state index in [9.17, 15) is 4.79 Å². The fraction of sp³-hybridized carbons (Fsp3) is 0.929. The maximum atomic E-state index is 12.9. The smallest absolute Gasteiger partial charge is 0.232 e. The first-order chi connectivity index (χ1) is 9.00. The number of carbonyl (C=O) groups is 1. The van der Waals surface area contributed by atoms with Gasteiger partial charge in [-0.3, -0.25) is 4.79 Å². The van der Waals surface area contributed by atoms with Crippen LogP contribution in [-0.2, 0) is 14.3 Å². The summed E-state index contributed by atoms with van der Waals surface area (Å²) in [6, 6.07) is 0.0590. The number of hydrogen-bond acceptors (Lipinski definition) is 4. The van der Waals surface area contributed by atoms with Gasteiger partial charge < -0.3 is 20.1 Å². The summed E-state index contributed by atoms with van der Waals surface area (Å²) in [7, 11) is 1.66. The van der Waals surface area contributed by atoms with Gasteiger partial charge in [-0.1, -0.05) is 0 Å². The second-order valence-electron chi connectivity index (χ2n) is 6.11. The molecular formula is C14H26N2O3. The van der Waals surface area contributed by atoms with Gasteiger partial charge in [0, 0.05) is 25.7 Å². The highest BCUT2D eigenvalue weighted by atomic mass is 16.5. The third kappa shape index (κ3) is 2.93. The lowest BCUT2D eigenvalue weighted by molar-refractivity contribution is -0.145. The van der Waals surface area contributed by atoms with Crippen LogP contribution >= 0.6 is 0 Å². The molecule has 0 aromatic carbocycles. The van der Waals surface area contributed by atoms with Crippen LogP contribution < -0.4 is 5.73 Å². The summed E-state index contributed by atoms with van der Waals surface area (Å²) in [6.07, 6.45) is 2.44. The number of nitrogens with two attached hydrogens (primary N) is 1. The fourth-order valence-corrected chi connectivity index (χ4v) is 2.75. The molecule has 1 saturated heterocycles. The molecule has 0 radical (unpaired) electrons. The Kier molecular flexibility index (Phi) is 4.48. The van der Waals surface area contributed by atoms with Crippen molar-refractivity contribution in [2.45, 2.75) is 38.8 Å². The normalized spacial score (nSPS) is 32.3. The molecule has 0 spiro atoms. The van der Waals surface area contributed by atoms with Crippen molar-refractivity contribution in [3.05, 3.63) is 0 Å². The van der Waals surface area contributed by atoms with Crippen molar-refractivity contribution < 1.29 is 14.3 Å². The van der Waals surface area contributed by atoms with Crippen molar-refractivity contribution >= 4 is 5.91 Å². The molecule has 110 valence electrons. The van der Waals surface area contributed by atoms with Crippen LogP contribution in [0.2, 0.25) is 0 Å². The Labute approximate surface area is 115 Å². The molecule has 5 heteroatoms. The van der Waals surface area contributed by atoms with E-state index >= 15 is 0 Å². The molecule has 1 heterocycles. The summed E-state index contributed by atoms with van der Waals surface area (Å²) in [5.41, 5.74) is 5.48. The lowest BCUT2D eigenvalue weighted by atomic mass is 9.83. The molecule has 0 aromatic rings. The molecule has 1 saturated carbocycles. The Bertz CT molecular complexity index is 333. The molecule has 2 N–H and O–H groups in total. The topological polar surface area (TPSA) is 64.8 Å². The third-order valence-electron chi connectivity index (χ3n) is 4.60. The molecule has 1 aliphatic carbocycles. The van der Waals surface area contributed by atoms with Crippen LogP contribution in [0.15, 0.2) is 0 Å². The minimum Gasteiger partial charge on any atom is -0.383 e. The Balaban J connectivity index is 2.09. The van der Waals surface area contributed by atoms with Crippen LogP contribution in [-0.4, -0.2) is 56.4 Å². The van der Waals surface area contributed by atoms with Gasteiger partial charge in [0.15, 0.2) is 0 Å². The van der Waals surface area contributed by atoms with E-state index in [2.05, 4.69) is 6.92 Å². The maximum Gasteiger partial charge on any atom is 0.232 e. The highest BCUT2D eigenvalue weighted by Crippen LogP contribution is 2.38. The van der Waals surface area contributed by atoms with Gasteiger partial charge in [-0.15, -0.1) is 0 Å². The van der Waals surface area contributed by atoms with E-state index in [1.807, 2.05) is 11.8 Å². The van der Waals surface area contributed by atoms with Crippen molar-refractivity contribution in [1.82, 2.24) is 4.90 Å². The van der Waals surface area contributed by atoms with E-state index in [1.54, 1.807) is 7.11 Å². The van der Waals surface area contributed by atoms with E-state index < -0.39 is 5.41 Å². The Morgan fingerprint density at radius 3 is 2.74 bits per heavy atom. The molecule has 2 rings (SSSR count). The van der Waals surface area contributed by atoms with Crippen molar-refractivity contribution in [2.24, 2.45) is 17.1 Å². The number of rotatable bonds is 6. The Morgan fingerprint density at radius 2 is 2.26 bits per heavy atom. The van der Waals surface area contributed by atoms with E-state index in [0.717, 1.165) is 0 Å². The first kappa shape index (κ1) is 14.8. The minimum atomic E-state index is -0.586. The van der Waals surface area contributed by atoms with Crippen LogP contribution in [0.3, 0.4) is 0 Å². The van der Waals surface area contributed by atoms with E-state index in [0.29, 0.717) is 32.3 Å². The van der Waals surface area contributed by atoms with Gasteiger partial charge >= 0.3 is 0 Å². The van der Waals surface area contributed by atoms with Crippen LogP contribution in [0.4, 0.5) is 0 Å². The molecule has 3 unspecified atom stereocenters. The number of nitrogens with zero attached hydrogens (tertiary/aromatic N) is 1. The average molecular weight is 270 g/mol. The monoisotopic (exact) mass is 270 g/mol. The van der Waals surface area contributed by atoms with Gasteiger partial charge in [-0.25, -0.2) is 0 Å². The molecule has 19 heavy (non-hydrogen) atoms. The molecule has 2 aliphatic rings. The number of hydrogen-bond donors (Lipinski definition) is 1. The lowest BCUT2D eigenvalue weighted by Gasteiger charge is -2.37. The van der Waals surface area contributed by atoms with Crippen LogP contribution in [0.25, 0.3) is 0 Å². The molecule has 2 fully saturated rings. The van der Waals surface area contributed by atoms with Gasteiger partial charge in [0.25, 0.3) is 0 Å². The average Bonchev–Trinajstić information content (AvgIpc) is 3.17. The first-order valence-electron chi connectivity index (χ1n) is 7.14. The molecule has 0 bridgehead atoms. The van der Waals surface area contributed by atoms with Gasteiger partial charge in [0.05, 0.1) is 25.2 Å². The predicted octanol–water partition coefficient (Wildman–Crippen LogP) is 0.624. The van der Waals surface area contributed by atoms with E-state index in [4.69, 9.17) is 15.2 Å². The van der Waals surface area contributed by atoms with E-state index in [-0.39, 0.29) is 18.0 Å². The maximum absolute atomic E-state index is 12.9. The number of amides is 1. The highest BCUT2D eigenvalue weighted by molar-refractivity contribution is 5.84. The van der Waals surface area contributed by atoms with Crippen molar-refractivity contribution in [2.75, 3.05) is 33.5 Å². The third-order valence-corrected chi connectivity index (χ3v) is 4.60. The summed E-state index contributed by atoms with van der Waals surface area (Å²) < 4.78 is 10.5. The van der Waals surface area contributed by atoms with Gasteiger partial charge in [-0.2, -0.15) is 0 Å². The number of methoxy groups -OCH3 is 1. The predicted molar refractivity (Wildman–Crippen MR) is 72.7 cm³/mol. The quantitative estimate of drug-likeness (QED) is 0.768. The van der Waals surface area contributed by atoms with Crippen LogP contribution in [0, 0.1) is 11.3 Å². The van der Waals surface area contributed by atoms with Crippen molar-refractivity contribution in [3.63, 3.8) is 0 Å². The zero-order valence-electron chi connectivity index (χ0n) is 12.2. The Morgan fingerprint density at radius 1 is 1.58 bits per heavy atom. The molecule has 5 nitrogen and oxygen atoms in total. The fourth-order valence-electron chi connectivity index (χ4n) is 2.75. The van der Waals surface area contributed by atoms with Crippen molar-refractivity contribution in [1.29, 1.82) is 0 Å². The van der Waals surface area contributed by atoms with Gasteiger partial charge in [0.2, 0.25) is 5.91 Å². The highest BCUT2D eigenvalue weighted by Gasteiger charge is 2.48. The van der Waals surface area contributed by atoms with Crippen LogP contribution in [0.5, 0.6) is 0 Å². The minimum absolute atomic E-state index is 0.119. The van der Waals surface area contributed by atoms with E-state index in [1.165, 1.54) is 12.8 Å². The SMILES string of the molecule is COCCN(C(=O)C1(C)COCC1N)C(C)C1CC1. The first-order valence-corrected chi connectivity index (χ1v) is 7.14. The molecule has 1 amide bonds. The zero-order chi connectivity index (χ0) is 14.0. The Hall–Kier alpha value is -0.650. The zero-order valence-corrected chi connectivity index (χ0v) is 12.2. The van der Waals surface area contributed by atoms with Gasteiger partial charge in [0.1, 0.15) is 0 Å². The second kappa shape index (κ2) is 5.77. The largest absolute Gasteiger partial charge is 0.383 e. The standard InChI is InChI=1S/C14H26N2O3/c1-10(11-4-5-11)16(6-7-18-3)13(17)14(2)9-19-8-12(14)15/h10-12H,4-9,15H2,1-3H3. The number of carbonyl (C=O) groups excluding carboxylic acids is 1. The molecular weight excluding hydrogens is 244 g/mol. The summed E-state index contributed by atoms with van der Waals surface area (Å²) in [5.74, 6) is 0.761. The molecule has 3 atom stereocenters. The van der Waals surface area contributed by atoms with Crippen molar-refractivity contribution in [3.8, 4) is 0 Å². The molecule has 0 aromatic heterocycles. The second-order valence-corrected chi connectivity index (χ2v) is 6.11. The summed E-state index contributed by atoms with van der Waals surface area (Å²) in [4.78, 5) is 14.8. The molecule has 1 aliphatic heterocycles. The van der Waals surface area contributed by atoms with Gasteiger partial charge in [-0.05, 0) is 32.6 Å². The lowest BCUT2D eigenvalue weighted by Crippen LogP contribution is -2.55. The van der Waals surface area contributed by atoms with Crippen LogP contribution in [0.1, 0.15) is 26.7 Å². The summed E-state index contributed by atoms with van der Waals surface area (Å²) in [6.45, 7) is 6.15. The summed E-state index contributed by atoms with van der Waals surface area (Å²) in [5, 5.41) is 0. The number of ether oxygens (including phenoxy) is 2.